The second kappa shape index (κ2) is 10.0. The van der Waals surface area contributed by atoms with Gasteiger partial charge in [0.25, 0.3) is 0 Å². The molecule has 6 rings (SSSR count). The number of nitrogens with zero attached hydrogens (tertiary/aromatic N) is 4. The number of thiophene rings is 4. The van der Waals surface area contributed by atoms with Gasteiger partial charge in [-0.05, 0) is 59.3 Å². The SMILES string of the molecule is N#C/C(=C\c1ccc(-c2nc3sc(-c4ccc(/C=C(\C#N)c5cccs5)s4)nc3s2)s1)c1cccs1. The van der Waals surface area contributed by atoms with Crippen LogP contribution >= 0.6 is 68.0 Å². The van der Waals surface area contributed by atoms with Gasteiger partial charge in [0.15, 0.2) is 9.66 Å². The van der Waals surface area contributed by atoms with Gasteiger partial charge in [-0.3, -0.25) is 0 Å². The van der Waals surface area contributed by atoms with E-state index in [0.29, 0.717) is 11.1 Å². The van der Waals surface area contributed by atoms with Crippen LogP contribution in [-0.2, 0) is 0 Å². The van der Waals surface area contributed by atoms with Crippen molar-refractivity contribution in [2.24, 2.45) is 0 Å². The van der Waals surface area contributed by atoms with Crippen molar-refractivity contribution in [2.45, 2.75) is 0 Å². The minimum absolute atomic E-state index is 0.673. The molecule has 36 heavy (non-hydrogen) atoms. The molecule has 0 aliphatic heterocycles. The lowest BCUT2D eigenvalue weighted by Gasteiger charge is -1.92. The van der Waals surface area contributed by atoms with Crippen LogP contribution in [0.1, 0.15) is 19.5 Å². The Balaban J connectivity index is 1.24. The van der Waals surface area contributed by atoms with Gasteiger partial charge in [0.2, 0.25) is 0 Å². The van der Waals surface area contributed by atoms with Crippen LogP contribution in [0.5, 0.6) is 0 Å². The summed E-state index contributed by atoms with van der Waals surface area (Å²) >= 11 is 9.56. The molecule has 0 saturated carbocycles. The van der Waals surface area contributed by atoms with Crippen molar-refractivity contribution in [3.8, 4) is 31.9 Å². The van der Waals surface area contributed by atoms with Crippen LogP contribution in [0.3, 0.4) is 0 Å². The normalized spacial score (nSPS) is 12.2. The topological polar surface area (TPSA) is 73.4 Å². The zero-order valence-corrected chi connectivity index (χ0v) is 23.1. The maximum Gasteiger partial charge on any atom is 0.155 e. The third-order valence-corrected chi connectivity index (χ3v) is 11.3. The van der Waals surface area contributed by atoms with Crippen molar-refractivity contribution in [2.75, 3.05) is 0 Å². The number of thiazole rings is 2. The molecule has 6 heterocycles. The lowest BCUT2D eigenvalue weighted by Crippen LogP contribution is -1.73. The molecule has 0 aliphatic rings. The van der Waals surface area contributed by atoms with Crippen LogP contribution in [0.2, 0.25) is 0 Å². The van der Waals surface area contributed by atoms with E-state index >= 15 is 0 Å². The first-order valence-corrected chi connectivity index (χ1v) is 15.5. The standard InChI is InChI=1S/C26H12N4S6/c27-13-15(19-3-1-9-31-19)11-17-5-7-21(33-17)23-29-25-26(35-23)30-24(36-25)22-8-6-18(34-22)12-16(14-28)20-4-2-10-32-20/h1-12H/b15-11+,16-12+. The molecule has 0 fully saturated rings. The highest BCUT2D eigenvalue weighted by atomic mass is 32.1. The number of fused-ring (bicyclic) bond motifs is 1. The summed E-state index contributed by atoms with van der Waals surface area (Å²) in [6.07, 6.45) is 3.87. The number of allylic oxidation sites excluding steroid dienone is 2. The fourth-order valence-corrected chi connectivity index (χ4v) is 8.85. The Kier molecular flexibility index (Phi) is 6.46. The lowest BCUT2D eigenvalue weighted by molar-refractivity contribution is 1.51. The molecule has 6 aromatic rings. The molecule has 0 amide bonds. The molecule has 0 aliphatic carbocycles. The number of hydrogen-bond acceptors (Lipinski definition) is 10. The monoisotopic (exact) mass is 572 g/mol. The van der Waals surface area contributed by atoms with Crippen molar-refractivity contribution < 1.29 is 0 Å². The second-order valence-electron chi connectivity index (χ2n) is 7.35. The van der Waals surface area contributed by atoms with Gasteiger partial charge >= 0.3 is 0 Å². The Morgan fingerprint density at radius 3 is 1.50 bits per heavy atom. The molecule has 0 N–H and O–H groups in total. The smallest absolute Gasteiger partial charge is 0.155 e. The maximum absolute atomic E-state index is 9.53. The van der Waals surface area contributed by atoms with Crippen LogP contribution in [0, 0.1) is 22.7 Å². The Bertz CT molecular complexity index is 1650. The van der Waals surface area contributed by atoms with Crippen LogP contribution < -0.4 is 0 Å². The van der Waals surface area contributed by atoms with Gasteiger partial charge in [-0.2, -0.15) is 10.5 Å². The molecule has 0 bridgehead atoms. The zero-order valence-electron chi connectivity index (χ0n) is 18.2. The quantitative estimate of drug-likeness (QED) is 0.186. The van der Waals surface area contributed by atoms with E-state index in [2.05, 4.69) is 24.3 Å². The van der Waals surface area contributed by atoms with Crippen LogP contribution in [0.15, 0.2) is 59.3 Å². The molecule has 172 valence electrons. The largest absolute Gasteiger partial charge is 0.222 e. The summed E-state index contributed by atoms with van der Waals surface area (Å²) in [7, 11) is 0. The molecule has 10 heteroatoms. The van der Waals surface area contributed by atoms with Gasteiger partial charge in [0.1, 0.15) is 22.2 Å². The highest BCUT2D eigenvalue weighted by Crippen LogP contribution is 2.41. The summed E-state index contributed by atoms with van der Waals surface area (Å²) < 4.78 is 0. The van der Waals surface area contributed by atoms with E-state index in [1.165, 1.54) is 0 Å². The minimum Gasteiger partial charge on any atom is -0.222 e. The predicted octanol–water partition coefficient (Wildman–Crippen LogP) is 9.46. The van der Waals surface area contributed by atoms with Gasteiger partial charge in [-0.1, -0.05) is 34.8 Å². The first-order valence-electron chi connectivity index (χ1n) is 10.5. The highest BCUT2D eigenvalue weighted by molar-refractivity contribution is 7.32. The second-order valence-corrected chi connectivity index (χ2v) is 13.4. The average Bonchev–Trinajstić information content (AvgIpc) is 3.69. The van der Waals surface area contributed by atoms with E-state index in [9.17, 15) is 10.5 Å². The van der Waals surface area contributed by atoms with E-state index in [1.54, 1.807) is 68.0 Å². The predicted molar refractivity (Wildman–Crippen MR) is 158 cm³/mol. The highest BCUT2D eigenvalue weighted by Gasteiger charge is 2.16. The molecule has 0 spiro atoms. The number of hydrogen-bond donors (Lipinski definition) is 0. The molecule has 4 nitrogen and oxygen atoms in total. The van der Waals surface area contributed by atoms with Crippen LogP contribution in [-0.4, -0.2) is 9.97 Å². The third-order valence-electron chi connectivity index (χ3n) is 5.04. The molecule has 0 unspecified atom stereocenters. The van der Waals surface area contributed by atoms with E-state index < -0.39 is 0 Å². The molecule has 6 aromatic heterocycles. The van der Waals surface area contributed by atoms with Gasteiger partial charge < -0.3 is 0 Å². The Labute approximate surface area is 230 Å². The van der Waals surface area contributed by atoms with Crippen molar-refractivity contribution in [3.63, 3.8) is 0 Å². The summed E-state index contributed by atoms with van der Waals surface area (Å²) in [5, 5.41) is 24.9. The van der Waals surface area contributed by atoms with Crippen molar-refractivity contribution in [1.29, 1.82) is 10.5 Å². The number of rotatable bonds is 6. The summed E-state index contributed by atoms with van der Waals surface area (Å²) in [4.78, 5) is 17.7. The minimum atomic E-state index is 0.673. The first-order chi connectivity index (χ1) is 17.7. The Morgan fingerprint density at radius 1 is 0.639 bits per heavy atom. The summed E-state index contributed by atoms with van der Waals surface area (Å²) in [5.41, 5.74) is 1.35. The van der Waals surface area contributed by atoms with E-state index in [0.717, 1.165) is 48.9 Å². The van der Waals surface area contributed by atoms with Crippen molar-refractivity contribution in [3.05, 3.63) is 78.8 Å². The summed E-state index contributed by atoms with van der Waals surface area (Å²) in [5.74, 6) is 0. The zero-order chi connectivity index (χ0) is 24.5. The van der Waals surface area contributed by atoms with Crippen molar-refractivity contribution in [1.82, 2.24) is 9.97 Å². The fraction of sp³-hybridized carbons (Fsp3) is 0. The average molecular weight is 573 g/mol. The van der Waals surface area contributed by atoms with Gasteiger partial charge in [0.05, 0.1) is 20.9 Å². The van der Waals surface area contributed by atoms with Crippen LogP contribution in [0.4, 0.5) is 0 Å². The number of aromatic nitrogens is 2. The molecule has 0 atom stereocenters. The lowest BCUT2D eigenvalue weighted by atomic mass is 10.2. The van der Waals surface area contributed by atoms with Crippen molar-refractivity contribution >= 4 is 101 Å². The maximum atomic E-state index is 9.53. The van der Waals surface area contributed by atoms with Gasteiger partial charge in [-0.25, -0.2) is 9.97 Å². The van der Waals surface area contributed by atoms with E-state index in [-0.39, 0.29) is 0 Å². The van der Waals surface area contributed by atoms with Gasteiger partial charge in [-0.15, -0.1) is 45.3 Å². The Hall–Kier alpha value is -3.22. The summed E-state index contributed by atoms with van der Waals surface area (Å²) in [6, 6.07) is 20.6. The fourth-order valence-electron chi connectivity index (χ4n) is 3.41. The van der Waals surface area contributed by atoms with E-state index in [1.807, 2.05) is 59.3 Å². The first kappa shape index (κ1) is 23.2. The molecular formula is C26H12N4S6. The summed E-state index contributed by atoms with van der Waals surface area (Å²) in [6.45, 7) is 0. The molecular weight excluding hydrogens is 561 g/mol. The molecule has 0 saturated heterocycles. The molecule has 0 aromatic carbocycles. The van der Waals surface area contributed by atoms with E-state index in [4.69, 9.17) is 9.97 Å². The third kappa shape index (κ3) is 4.63. The molecule has 0 radical (unpaired) electrons. The van der Waals surface area contributed by atoms with Crippen LogP contribution in [0.25, 0.3) is 52.7 Å². The Morgan fingerprint density at radius 2 is 1.11 bits per heavy atom. The number of nitriles is 2. The van der Waals surface area contributed by atoms with Gasteiger partial charge in [0, 0.05) is 19.5 Å².